The first-order valence-corrected chi connectivity index (χ1v) is 7.23. The van der Waals surface area contributed by atoms with Gasteiger partial charge >= 0.3 is 0 Å². The molecule has 1 aliphatic heterocycles. The van der Waals surface area contributed by atoms with Crippen molar-refractivity contribution in [2.24, 2.45) is 4.99 Å². The predicted molar refractivity (Wildman–Crippen MR) is 81.9 cm³/mol. The molecule has 0 unspecified atom stereocenters. The molecule has 102 valence electrons. The van der Waals surface area contributed by atoms with Crippen LogP contribution in [0.5, 0.6) is 0 Å². The van der Waals surface area contributed by atoms with E-state index in [1.54, 1.807) is 0 Å². The molecule has 2 atom stereocenters. The maximum absolute atomic E-state index is 6.10. The van der Waals surface area contributed by atoms with Crippen molar-refractivity contribution in [2.45, 2.75) is 31.9 Å². The molecule has 3 rings (SSSR count). The molecule has 20 heavy (non-hydrogen) atoms. The first-order chi connectivity index (χ1) is 9.88. The molecule has 0 aliphatic carbocycles. The van der Waals surface area contributed by atoms with Crippen LogP contribution in [-0.2, 0) is 4.74 Å². The largest absolute Gasteiger partial charge is 0.471 e. The lowest BCUT2D eigenvalue weighted by Crippen LogP contribution is -2.16. The van der Waals surface area contributed by atoms with E-state index in [4.69, 9.17) is 9.73 Å². The minimum Gasteiger partial charge on any atom is -0.471 e. The zero-order valence-electron chi connectivity index (χ0n) is 11.7. The quantitative estimate of drug-likeness (QED) is 0.804. The second-order valence-electron chi connectivity index (χ2n) is 5.10. The van der Waals surface area contributed by atoms with Gasteiger partial charge in [-0.3, -0.25) is 0 Å². The summed E-state index contributed by atoms with van der Waals surface area (Å²) in [4.78, 5) is 4.82. The molecule has 1 aliphatic rings. The Hall–Kier alpha value is -2.09. The highest BCUT2D eigenvalue weighted by Crippen LogP contribution is 2.33. The smallest absolute Gasteiger partial charge is 0.217 e. The molecule has 1 heterocycles. The lowest BCUT2D eigenvalue weighted by Gasteiger charge is -2.17. The first-order valence-electron chi connectivity index (χ1n) is 7.23. The maximum atomic E-state index is 6.10. The van der Waals surface area contributed by atoms with E-state index in [0.29, 0.717) is 0 Å². The van der Waals surface area contributed by atoms with Gasteiger partial charge in [-0.15, -0.1) is 0 Å². The number of aliphatic imine (C=N–C) groups is 1. The van der Waals surface area contributed by atoms with Gasteiger partial charge in [0, 0.05) is 5.56 Å². The van der Waals surface area contributed by atoms with Crippen LogP contribution >= 0.6 is 0 Å². The molecule has 0 aromatic heterocycles. The average molecular weight is 265 g/mol. The topological polar surface area (TPSA) is 21.6 Å². The van der Waals surface area contributed by atoms with Crippen molar-refractivity contribution in [3.05, 3.63) is 71.8 Å². The Bertz CT molecular complexity index is 577. The van der Waals surface area contributed by atoms with E-state index in [9.17, 15) is 0 Å². The number of hydrogen-bond donors (Lipinski definition) is 0. The van der Waals surface area contributed by atoms with E-state index in [2.05, 4.69) is 43.3 Å². The summed E-state index contributed by atoms with van der Waals surface area (Å²) >= 11 is 0. The second-order valence-corrected chi connectivity index (χ2v) is 5.10. The van der Waals surface area contributed by atoms with Crippen molar-refractivity contribution < 1.29 is 4.74 Å². The molecule has 0 spiro atoms. The molecule has 0 N–H and O–H groups in total. The van der Waals surface area contributed by atoms with E-state index in [1.165, 1.54) is 5.56 Å². The van der Waals surface area contributed by atoms with E-state index < -0.39 is 0 Å². The Labute approximate surface area is 120 Å². The van der Waals surface area contributed by atoms with Gasteiger partial charge in [0.05, 0.1) is 0 Å². The molecule has 2 aromatic carbocycles. The van der Waals surface area contributed by atoms with Gasteiger partial charge in [0.2, 0.25) is 5.90 Å². The maximum Gasteiger partial charge on any atom is 0.217 e. The third kappa shape index (κ3) is 2.60. The Morgan fingerprint density at radius 1 is 0.950 bits per heavy atom. The summed E-state index contributed by atoms with van der Waals surface area (Å²) in [6.07, 6.45) is 2.28. The van der Waals surface area contributed by atoms with Crippen molar-refractivity contribution in [2.75, 3.05) is 0 Å². The normalized spacial score (nSPS) is 21.4. The lowest BCUT2D eigenvalue weighted by atomic mass is 9.99. The Morgan fingerprint density at radius 3 is 2.25 bits per heavy atom. The zero-order chi connectivity index (χ0) is 13.8. The van der Waals surface area contributed by atoms with Gasteiger partial charge in [0.1, 0.15) is 12.1 Å². The number of nitrogens with zero attached hydrogens (tertiary/aromatic N) is 1. The predicted octanol–water partition coefficient (Wildman–Crippen LogP) is 4.37. The molecule has 0 amide bonds. The van der Waals surface area contributed by atoms with Crippen LogP contribution in [0.25, 0.3) is 0 Å². The average Bonchev–Trinajstić information content (AvgIpc) is 2.94. The molecular weight excluding hydrogens is 246 g/mol. The molecule has 0 saturated heterocycles. The van der Waals surface area contributed by atoms with Gasteiger partial charge in [-0.05, 0) is 24.1 Å². The van der Waals surface area contributed by atoms with E-state index in [0.717, 1.165) is 24.3 Å². The van der Waals surface area contributed by atoms with Crippen molar-refractivity contribution in [3.63, 3.8) is 0 Å². The van der Waals surface area contributed by atoms with E-state index in [-0.39, 0.29) is 12.1 Å². The van der Waals surface area contributed by atoms with Crippen molar-refractivity contribution in [3.8, 4) is 0 Å². The highest BCUT2D eigenvalue weighted by molar-refractivity contribution is 5.95. The van der Waals surface area contributed by atoms with Crippen molar-refractivity contribution >= 4 is 5.90 Å². The van der Waals surface area contributed by atoms with Crippen LogP contribution in [0.1, 0.15) is 36.9 Å². The number of rotatable bonds is 4. The van der Waals surface area contributed by atoms with Crippen LogP contribution < -0.4 is 0 Å². The standard InChI is InChI=1S/C18H19NO/c1-2-9-16-17(14-10-5-3-6-11-14)19-18(20-16)15-12-7-4-8-13-15/h3-8,10-13,16-17H,2,9H2,1H3/t16-,17+/m1/s1. The van der Waals surface area contributed by atoms with Crippen LogP contribution in [0, 0.1) is 0 Å². The van der Waals surface area contributed by atoms with Gasteiger partial charge in [0.25, 0.3) is 0 Å². The van der Waals surface area contributed by atoms with Crippen LogP contribution in [0.2, 0.25) is 0 Å². The van der Waals surface area contributed by atoms with E-state index in [1.807, 2.05) is 24.3 Å². The summed E-state index contributed by atoms with van der Waals surface area (Å²) in [7, 11) is 0. The number of benzene rings is 2. The fourth-order valence-corrected chi connectivity index (χ4v) is 2.61. The molecule has 2 nitrogen and oxygen atoms in total. The SMILES string of the molecule is CCC[C@H]1OC(c2ccccc2)=N[C@H]1c1ccccc1. The van der Waals surface area contributed by atoms with Gasteiger partial charge < -0.3 is 4.74 Å². The summed E-state index contributed by atoms with van der Waals surface area (Å²) < 4.78 is 6.10. The Morgan fingerprint density at radius 2 is 1.60 bits per heavy atom. The molecule has 0 fully saturated rings. The summed E-state index contributed by atoms with van der Waals surface area (Å²) in [6, 6.07) is 20.7. The third-order valence-corrected chi connectivity index (χ3v) is 3.61. The summed E-state index contributed by atoms with van der Waals surface area (Å²) in [6.45, 7) is 2.19. The van der Waals surface area contributed by atoms with Gasteiger partial charge in [-0.25, -0.2) is 4.99 Å². The molecule has 2 heteroatoms. The summed E-state index contributed by atoms with van der Waals surface area (Å²) in [5.74, 6) is 0.776. The molecule has 0 saturated carbocycles. The lowest BCUT2D eigenvalue weighted by molar-refractivity contribution is 0.181. The van der Waals surface area contributed by atoms with Crippen LogP contribution in [0.15, 0.2) is 65.7 Å². The number of hydrogen-bond acceptors (Lipinski definition) is 2. The minimum absolute atomic E-state index is 0.117. The second kappa shape index (κ2) is 5.91. The molecule has 0 bridgehead atoms. The Balaban J connectivity index is 1.91. The van der Waals surface area contributed by atoms with Crippen LogP contribution in [0.4, 0.5) is 0 Å². The monoisotopic (exact) mass is 265 g/mol. The van der Waals surface area contributed by atoms with E-state index >= 15 is 0 Å². The van der Waals surface area contributed by atoms with Crippen LogP contribution in [-0.4, -0.2) is 12.0 Å². The molecular formula is C18H19NO. The van der Waals surface area contributed by atoms with Gasteiger partial charge in [-0.1, -0.05) is 61.9 Å². The fourth-order valence-electron chi connectivity index (χ4n) is 2.61. The van der Waals surface area contributed by atoms with Crippen LogP contribution in [0.3, 0.4) is 0 Å². The number of ether oxygens (including phenoxy) is 1. The fraction of sp³-hybridized carbons (Fsp3) is 0.278. The third-order valence-electron chi connectivity index (χ3n) is 3.61. The Kier molecular flexibility index (Phi) is 3.82. The van der Waals surface area contributed by atoms with Gasteiger partial charge in [0.15, 0.2) is 0 Å². The van der Waals surface area contributed by atoms with Crippen molar-refractivity contribution in [1.82, 2.24) is 0 Å². The van der Waals surface area contributed by atoms with Crippen molar-refractivity contribution in [1.29, 1.82) is 0 Å². The molecule has 0 radical (unpaired) electrons. The highest BCUT2D eigenvalue weighted by atomic mass is 16.5. The molecule has 2 aromatic rings. The summed E-state index contributed by atoms with van der Waals surface area (Å²) in [5, 5.41) is 0. The zero-order valence-corrected chi connectivity index (χ0v) is 11.7. The minimum atomic E-state index is 0.117. The first kappa shape index (κ1) is 12.9. The van der Waals surface area contributed by atoms with Gasteiger partial charge in [-0.2, -0.15) is 0 Å². The summed E-state index contributed by atoms with van der Waals surface area (Å²) in [5.41, 5.74) is 2.30. The highest BCUT2D eigenvalue weighted by Gasteiger charge is 2.31.